The molecule has 2 heterocycles. The molecule has 2 amide bonds. The maximum absolute atomic E-state index is 12.5. The van der Waals surface area contributed by atoms with E-state index in [0.717, 1.165) is 58.2 Å². The third-order valence-electron chi connectivity index (χ3n) is 5.31. The molecule has 0 aliphatic heterocycles. The number of benzene rings is 2. The molecule has 7 heteroatoms. The number of hydrogen-bond acceptors (Lipinski definition) is 3. The number of urea groups is 1. The molecule has 0 aliphatic carbocycles. The molecule has 2 N–H and O–H groups in total. The smallest absolute Gasteiger partial charge is 0.308 e. The first kappa shape index (κ1) is 21.8. The van der Waals surface area contributed by atoms with Gasteiger partial charge in [-0.3, -0.25) is 0 Å². The van der Waals surface area contributed by atoms with Gasteiger partial charge in [-0.05, 0) is 43.2 Å². The van der Waals surface area contributed by atoms with Crippen LogP contribution < -0.4 is 10.6 Å². The third-order valence-corrected chi connectivity index (χ3v) is 5.68. The Morgan fingerprint density at radius 2 is 1.78 bits per heavy atom. The Labute approximate surface area is 192 Å². The van der Waals surface area contributed by atoms with E-state index in [1.165, 1.54) is 0 Å². The number of imidazole rings is 1. The van der Waals surface area contributed by atoms with Crippen molar-refractivity contribution in [3.8, 4) is 0 Å². The van der Waals surface area contributed by atoms with Gasteiger partial charge >= 0.3 is 6.03 Å². The van der Waals surface area contributed by atoms with E-state index >= 15 is 0 Å². The molecule has 4 aromatic rings. The minimum absolute atomic E-state index is 0.317. The van der Waals surface area contributed by atoms with Crippen LogP contribution >= 0.6 is 11.6 Å². The summed E-state index contributed by atoms with van der Waals surface area (Å²) >= 11 is 6.42. The number of fused-ring (bicyclic) bond motifs is 1. The van der Waals surface area contributed by atoms with Crippen molar-refractivity contribution in [3.63, 3.8) is 0 Å². The number of aryl methyl sites for hydroxylation is 2. The number of anilines is 2. The Morgan fingerprint density at radius 1 is 1.03 bits per heavy atom. The molecule has 2 aromatic carbocycles. The van der Waals surface area contributed by atoms with Crippen LogP contribution in [-0.4, -0.2) is 20.6 Å². The van der Waals surface area contributed by atoms with Crippen LogP contribution in [0.5, 0.6) is 0 Å². The lowest BCUT2D eigenvalue weighted by molar-refractivity contribution is 0.262. The molecular formula is C25H26ClN5O. The third kappa shape index (κ3) is 4.92. The van der Waals surface area contributed by atoms with E-state index in [4.69, 9.17) is 21.6 Å². The van der Waals surface area contributed by atoms with Gasteiger partial charge in [0, 0.05) is 17.1 Å². The van der Waals surface area contributed by atoms with Crippen LogP contribution in [-0.2, 0) is 13.0 Å². The summed E-state index contributed by atoms with van der Waals surface area (Å²) in [7, 11) is 0. The number of rotatable bonds is 7. The number of unbranched alkanes of at least 4 members (excludes halogenated alkanes) is 1. The van der Waals surface area contributed by atoms with Crippen molar-refractivity contribution in [3.05, 3.63) is 82.8 Å². The molecule has 0 aliphatic rings. The van der Waals surface area contributed by atoms with E-state index in [0.29, 0.717) is 12.2 Å². The lowest BCUT2D eigenvalue weighted by atomic mass is 10.2. The molecule has 164 valence electrons. The Bertz CT molecular complexity index is 1240. The van der Waals surface area contributed by atoms with Gasteiger partial charge in [0.1, 0.15) is 11.3 Å². The molecule has 0 unspecified atom stereocenters. The molecule has 0 radical (unpaired) electrons. The van der Waals surface area contributed by atoms with E-state index in [1.807, 2.05) is 67.6 Å². The first-order valence-electron chi connectivity index (χ1n) is 10.8. The van der Waals surface area contributed by atoms with E-state index in [9.17, 15) is 4.79 Å². The second-order valence-corrected chi connectivity index (χ2v) is 8.13. The molecule has 0 spiro atoms. The van der Waals surface area contributed by atoms with Gasteiger partial charge in [-0.25, -0.2) is 14.8 Å². The van der Waals surface area contributed by atoms with Gasteiger partial charge in [-0.2, -0.15) is 0 Å². The summed E-state index contributed by atoms with van der Waals surface area (Å²) in [6, 6.07) is 18.7. The highest BCUT2D eigenvalue weighted by atomic mass is 35.5. The van der Waals surface area contributed by atoms with Gasteiger partial charge in [0.2, 0.25) is 0 Å². The molecule has 6 nitrogen and oxygen atoms in total. The van der Waals surface area contributed by atoms with Crippen molar-refractivity contribution in [2.24, 2.45) is 0 Å². The summed E-state index contributed by atoms with van der Waals surface area (Å²) in [4.78, 5) is 22.1. The van der Waals surface area contributed by atoms with E-state index in [-0.39, 0.29) is 6.03 Å². The SMILES string of the molecule is CCCCc1nc2cc(NC(=O)Nc3ccccc3)c(C)nc2n1Cc1ccccc1Cl. The van der Waals surface area contributed by atoms with Crippen molar-refractivity contribution in [2.75, 3.05) is 10.6 Å². The van der Waals surface area contributed by atoms with Crippen LogP contribution in [0, 0.1) is 6.92 Å². The van der Waals surface area contributed by atoms with Gasteiger partial charge in [-0.15, -0.1) is 0 Å². The van der Waals surface area contributed by atoms with Gasteiger partial charge in [0.25, 0.3) is 0 Å². The summed E-state index contributed by atoms with van der Waals surface area (Å²) in [6.07, 6.45) is 2.97. The zero-order chi connectivity index (χ0) is 22.5. The number of carbonyl (C=O) groups excluding carboxylic acids is 1. The topological polar surface area (TPSA) is 71.8 Å². The largest absolute Gasteiger partial charge is 0.323 e. The maximum atomic E-state index is 12.5. The maximum Gasteiger partial charge on any atom is 0.323 e. The van der Waals surface area contributed by atoms with Crippen molar-refractivity contribution in [1.82, 2.24) is 14.5 Å². The van der Waals surface area contributed by atoms with Crippen LogP contribution in [0.25, 0.3) is 11.2 Å². The minimum atomic E-state index is -0.317. The lowest BCUT2D eigenvalue weighted by Crippen LogP contribution is -2.20. The number of amides is 2. The van der Waals surface area contributed by atoms with Crippen molar-refractivity contribution >= 4 is 40.2 Å². The predicted octanol–water partition coefficient (Wildman–Crippen LogP) is 6.43. The highest BCUT2D eigenvalue weighted by Gasteiger charge is 2.16. The molecule has 4 rings (SSSR count). The van der Waals surface area contributed by atoms with Crippen molar-refractivity contribution in [1.29, 1.82) is 0 Å². The average molecular weight is 448 g/mol. The fraction of sp³-hybridized carbons (Fsp3) is 0.240. The summed E-state index contributed by atoms with van der Waals surface area (Å²) in [5, 5.41) is 6.45. The second kappa shape index (κ2) is 9.83. The number of nitrogens with zero attached hydrogens (tertiary/aromatic N) is 3. The predicted molar refractivity (Wildman–Crippen MR) is 131 cm³/mol. The van der Waals surface area contributed by atoms with Gasteiger partial charge in [0.05, 0.1) is 17.9 Å². The highest BCUT2D eigenvalue weighted by molar-refractivity contribution is 6.31. The summed E-state index contributed by atoms with van der Waals surface area (Å²) < 4.78 is 2.13. The van der Waals surface area contributed by atoms with E-state index < -0.39 is 0 Å². The highest BCUT2D eigenvalue weighted by Crippen LogP contribution is 2.25. The van der Waals surface area contributed by atoms with Crippen LogP contribution in [0.15, 0.2) is 60.7 Å². The van der Waals surface area contributed by atoms with Crippen LogP contribution in [0.1, 0.15) is 36.8 Å². The second-order valence-electron chi connectivity index (χ2n) is 7.72. The van der Waals surface area contributed by atoms with Crippen LogP contribution in [0.4, 0.5) is 16.2 Å². The molecule has 0 fully saturated rings. The Kier molecular flexibility index (Phi) is 6.71. The van der Waals surface area contributed by atoms with Gasteiger partial charge in [0.15, 0.2) is 5.65 Å². The Morgan fingerprint density at radius 3 is 2.53 bits per heavy atom. The molecule has 2 aromatic heterocycles. The summed E-state index contributed by atoms with van der Waals surface area (Å²) in [6.45, 7) is 4.65. The molecular weight excluding hydrogens is 422 g/mol. The van der Waals surface area contributed by atoms with Crippen LogP contribution in [0.2, 0.25) is 5.02 Å². The first-order chi connectivity index (χ1) is 15.5. The number of carbonyl (C=O) groups is 1. The standard InChI is InChI=1S/C25H26ClN5O/c1-3-4-14-23-29-22-15-21(30-25(32)28-19-11-6-5-7-12-19)17(2)27-24(22)31(23)16-18-10-8-9-13-20(18)26/h5-13,15H,3-4,14,16H2,1-2H3,(H2,28,30,32). The summed E-state index contributed by atoms with van der Waals surface area (Å²) in [5.41, 5.74) is 4.66. The number of nitrogens with one attached hydrogen (secondary N) is 2. The fourth-order valence-corrected chi connectivity index (χ4v) is 3.80. The lowest BCUT2D eigenvalue weighted by Gasteiger charge is -2.12. The summed E-state index contributed by atoms with van der Waals surface area (Å²) in [5.74, 6) is 0.972. The van der Waals surface area contributed by atoms with Crippen LogP contribution in [0.3, 0.4) is 0 Å². The van der Waals surface area contributed by atoms with E-state index in [1.54, 1.807) is 0 Å². The minimum Gasteiger partial charge on any atom is -0.308 e. The van der Waals surface area contributed by atoms with Crippen molar-refractivity contribution < 1.29 is 4.79 Å². The van der Waals surface area contributed by atoms with E-state index in [2.05, 4.69) is 22.1 Å². The molecule has 0 saturated carbocycles. The van der Waals surface area contributed by atoms with Crippen molar-refractivity contribution in [2.45, 2.75) is 39.7 Å². The van der Waals surface area contributed by atoms with Gasteiger partial charge < -0.3 is 15.2 Å². The normalized spacial score (nSPS) is 11.0. The first-order valence-corrected chi connectivity index (χ1v) is 11.2. The monoisotopic (exact) mass is 447 g/mol. The number of pyridine rings is 1. The number of aromatic nitrogens is 3. The molecule has 0 saturated heterocycles. The zero-order valence-electron chi connectivity index (χ0n) is 18.2. The van der Waals surface area contributed by atoms with Gasteiger partial charge in [-0.1, -0.05) is 61.3 Å². The molecule has 0 atom stereocenters. The Hall–Kier alpha value is -3.38. The average Bonchev–Trinajstić information content (AvgIpc) is 3.10. The molecule has 0 bridgehead atoms. The molecule has 32 heavy (non-hydrogen) atoms. The number of halogens is 1. The quantitative estimate of drug-likeness (QED) is 0.343. The Balaban J connectivity index is 1.65. The number of para-hydroxylation sites is 1. The number of hydrogen-bond donors (Lipinski definition) is 2. The zero-order valence-corrected chi connectivity index (χ0v) is 19.0. The fourth-order valence-electron chi connectivity index (χ4n) is 3.61.